The average Bonchev–Trinajstić information content (AvgIpc) is 1.64. The van der Waals surface area contributed by atoms with Crippen LogP contribution in [0, 0.1) is 11.8 Å². The van der Waals surface area contributed by atoms with Gasteiger partial charge in [0.05, 0.1) is 0 Å². The van der Waals surface area contributed by atoms with Crippen LogP contribution >= 0.6 is 0 Å². The molecule has 0 spiro atoms. The summed E-state index contributed by atoms with van der Waals surface area (Å²) in [6.07, 6.45) is 0. The minimum Gasteiger partial charge on any atom is -0.674 e. The zero-order valence-corrected chi connectivity index (χ0v) is 7.23. The van der Waals surface area contributed by atoms with Gasteiger partial charge in [0.1, 0.15) is 0 Å². The third kappa shape index (κ3) is 5.02. The zero-order chi connectivity index (χ0) is 6.73. The van der Waals surface area contributed by atoms with Crippen molar-refractivity contribution in [2.45, 2.75) is 33.7 Å². The smallest absolute Gasteiger partial charge is 0.674 e. The van der Waals surface area contributed by atoms with E-state index in [1.165, 1.54) is 0 Å². The van der Waals surface area contributed by atoms with Gasteiger partial charge < -0.3 is 5.73 Å². The Morgan fingerprint density at radius 1 is 0.889 bits per heavy atom. The van der Waals surface area contributed by atoms with Crippen LogP contribution in [0.2, 0.25) is 0 Å². The molecule has 0 unspecified atom stereocenters. The Bertz CT molecular complexity index is 53.9. The molecule has 0 aromatic heterocycles. The number of hydrogen-bond acceptors (Lipinski definition) is 0. The van der Waals surface area contributed by atoms with Crippen LogP contribution in [-0.2, 0) is 0 Å². The topological polar surface area (TPSA) is 23.8 Å². The number of nitrogens with one attached hydrogen (secondary N) is 1. The summed E-state index contributed by atoms with van der Waals surface area (Å²) in [7, 11) is 0. The van der Waals surface area contributed by atoms with Crippen molar-refractivity contribution in [1.82, 2.24) is 0 Å². The fourth-order valence-corrected chi connectivity index (χ4v) is 0.770. The second-order valence-corrected chi connectivity index (χ2v) is 3.01. The fraction of sp³-hybridized carbons (Fsp3) is 1.00. The van der Waals surface area contributed by atoms with E-state index in [-0.39, 0.29) is 24.9 Å². The molecule has 0 amide bonds. The van der Waals surface area contributed by atoms with Gasteiger partial charge in [-0.1, -0.05) is 39.5 Å². The molecule has 0 rings (SSSR count). The molecule has 0 fully saturated rings. The van der Waals surface area contributed by atoms with Crippen molar-refractivity contribution in [3.8, 4) is 0 Å². The van der Waals surface area contributed by atoms with Crippen LogP contribution in [0.3, 0.4) is 0 Å². The van der Waals surface area contributed by atoms with Gasteiger partial charge in [0.25, 0.3) is 0 Å². The van der Waals surface area contributed by atoms with E-state index in [1.54, 1.807) is 0 Å². The van der Waals surface area contributed by atoms with Crippen LogP contribution in [0.5, 0.6) is 0 Å². The summed E-state index contributed by atoms with van der Waals surface area (Å²) in [5, 5.41) is 0. The first kappa shape index (κ1) is 12.3. The van der Waals surface area contributed by atoms with Crippen molar-refractivity contribution < 1.29 is 18.9 Å². The predicted octanol–water partition coefficient (Wildman–Crippen LogP) is -0.277. The molecule has 0 aromatic carbocycles. The van der Waals surface area contributed by atoms with E-state index < -0.39 is 0 Å². The Morgan fingerprint density at radius 2 is 1.11 bits per heavy atom. The van der Waals surface area contributed by atoms with E-state index in [0.29, 0.717) is 11.8 Å². The second-order valence-electron chi connectivity index (χ2n) is 3.01. The van der Waals surface area contributed by atoms with Gasteiger partial charge in [0, 0.05) is 0 Å². The van der Waals surface area contributed by atoms with Crippen LogP contribution in [0.4, 0.5) is 0 Å². The molecule has 9 heavy (non-hydrogen) atoms. The second kappa shape index (κ2) is 5.35. The monoisotopic (exact) mass is 121 g/mol. The predicted molar refractivity (Wildman–Crippen MR) is 37.8 cm³/mol. The van der Waals surface area contributed by atoms with Crippen molar-refractivity contribution in [3.05, 3.63) is 5.73 Å². The maximum atomic E-state index is 7.48. The fourth-order valence-electron chi connectivity index (χ4n) is 0.770. The molecule has 0 bridgehead atoms. The molecule has 0 aromatic rings. The van der Waals surface area contributed by atoms with Crippen LogP contribution in [0.1, 0.15) is 27.7 Å². The van der Waals surface area contributed by atoms with Crippen molar-refractivity contribution in [2.24, 2.45) is 11.8 Å². The van der Waals surface area contributed by atoms with Crippen LogP contribution in [0.15, 0.2) is 0 Å². The molecule has 1 N–H and O–H groups in total. The van der Waals surface area contributed by atoms with Crippen molar-refractivity contribution in [3.63, 3.8) is 0 Å². The van der Waals surface area contributed by atoms with Crippen LogP contribution < -0.4 is 18.9 Å². The maximum absolute atomic E-state index is 7.48. The van der Waals surface area contributed by atoms with Gasteiger partial charge >= 0.3 is 18.9 Å². The Labute approximate surface area is 70.6 Å². The Morgan fingerprint density at radius 3 is 1.11 bits per heavy atom. The average molecular weight is 121 g/mol. The molecule has 2 heteroatoms. The molecule has 0 saturated heterocycles. The quantitative estimate of drug-likeness (QED) is 0.449. The Balaban J connectivity index is 0. The minimum atomic E-state index is 0. The molecular formula is C7H16LiN. The summed E-state index contributed by atoms with van der Waals surface area (Å²) >= 11 is 0. The summed E-state index contributed by atoms with van der Waals surface area (Å²) in [5.41, 5.74) is 7.48. The minimum absolute atomic E-state index is 0. The molecule has 0 saturated carbocycles. The van der Waals surface area contributed by atoms with Gasteiger partial charge in [0.15, 0.2) is 0 Å². The first-order valence-corrected chi connectivity index (χ1v) is 3.26. The van der Waals surface area contributed by atoms with Crippen molar-refractivity contribution in [2.75, 3.05) is 0 Å². The zero-order valence-electron chi connectivity index (χ0n) is 7.23. The standard InChI is InChI=1S/C7H16N.Li/c1-5(2)7(8)6(3)4;/h5-8H,1-4H3;/q-1;+1. The molecule has 1 nitrogen and oxygen atoms in total. The number of rotatable bonds is 2. The van der Waals surface area contributed by atoms with Gasteiger partial charge in [0.2, 0.25) is 0 Å². The van der Waals surface area contributed by atoms with Gasteiger partial charge in [-0.3, -0.25) is 0 Å². The molecular weight excluding hydrogens is 105 g/mol. The van der Waals surface area contributed by atoms with E-state index in [4.69, 9.17) is 5.73 Å². The maximum Gasteiger partial charge on any atom is 1.00 e. The SMILES string of the molecule is CC(C)C([NH-])C(C)C.[Li+]. The third-order valence-corrected chi connectivity index (χ3v) is 1.44. The van der Waals surface area contributed by atoms with Gasteiger partial charge in [-0.05, 0) is 0 Å². The summed E-state index contributed by atoms with van der Waals surface area (Å²) in [6, 6.07) is 0.120. The molecule has 0 heterocycles. The van der Waals surface area contributed by atoms with Gasteiger partial charge in [-0.2, -0.15) is 0 Å². The van der Waals surface area contributed by atoms with Crippen LogP contribution in [-0.4, -0.2) is 6.04 Å². The van der Waals surface area contributed by atoms with E-state index in [0.717, 1.165) is 0 Å². The summed E-state index contributed by atoms with van der Waals surface area (Å²) in [6.45, 7) is 8.38. The molecule has 0 atom stereocenters. The van der Waals surface area contributed by atoms with Gasteiger partial charge in [-0.25, -0.2) is 0 Å². The Kier molecular flexibility index (Phi) is 7.29. The third-order valence-electron chi connectivity index (χ3n) is 1.44. The largest absolute Gasteiger partial charge is 1.00 e. The molecule has 50 valence electrons. The van der Waals surface area contributed by atoms with E-state index >= 15 is 0 Å². The van der Waals surface area contributed by atoms with E-state index in [1.807, 2.05) is 0 Å². The summed E-state index contributed by atoms with van der Waals surface area (Å²) in [5.74, 6) is 1.02. The first-order chi connectivity index (χ1) is 3.55. The first-order valence-electron chi connectivity index (χ1n) is 3.26. The summed E-state index contributed by atoms with van der Waals surface area (Å²) in [4.78, 5) is 0. The number of hydrogen-bond donors (Lipinski definition) is 0. The molecule has 0 radical (unpaired) electrons. The van der Waals surface area contributed by atoms with Gasteiger partial charge in [-0.15, -0.1) is 6.04 Å². The van der Waals surface area contributed by atoms with E-state index in [9.17, 15) is 0 Å². The Hall–Kier alpha value is 0.557. The van der Waals surface area contributed by atoms with Crippen LogP contribution in [0.25, 0.3) is 5.73 Å². The molecule has 0 aliphatic rings. The van der Waals surface area contributed by atoms with Crippen molar-refractivity contribution >= 4 is 0 Å². The normalized spacial score (nSPS) is 10.7. The van der Waals surface area contributed by atoms with E-state index in [2.05, 4.69) is 27.7 Å². The molecule has 0 aliphatic carbocycles. The molecule has 0 aliphatic heterocycles. The van der Waals surface area contributed by atoms with Crippen molar-refractivity contribution in [1.29, 1.82) is 0 Å². The summed E-state index contributed by atoms with van der Waals surface area (Å²) < 4.78 is 0.